The summed E-state index contributed by atoms with van der Waals surface area (Å²) >= 11 is 0. The molecule has 2 heteroatoms. The fraction of sp³-hybridized carbons (Fsp3) is 0.368. The zero-order chi connectivity index (χ0) is 14.9. The van der Waals surface area contributed by atoms with Crippen LogP contribution in [0.3, 0.4) is 0 Å². The molecule has 2 rings (SSSR count). The van der Waals surface area contributed by atoms with Crippen LogP contribution in [0.2, 0.25) is 0 Å². The summed E-state index contributed by atoms with van der Waals surface area (Å²) < 4.78 is 5.79. The lowest BCUT2D eigenvalue weighted by Gasteiger charge is -2.13. The number of hydrogen-bond acceptors (Lipinski definition) is 2. The Labute approximate surface area is 127 Å². The van der Waals surface area contributed by atoms with Gasteiger partial charge in [0.15, 0.2) is 0 Å². The van der Waals surface area contributed by atoms with Crippen LogP contribution in [0.4, 0.5) is 0 Å². The molecule has 2 nitrogen and oxygen atoms in total. The standard InChI is InChI=1S/C19H25NO/c1-2-3-4-8-11-19(20)16-12-14-18(15-13-16)21-17-9-6-5-7-10-17/h5-7,9-10,12-15,19H,2-4,8,11,20H2,1H3. The van der Waals surface area contributed by atoms with Gasteiger partial charge >= 0.3 is 0 Å². The SMILES string of the molecule is CCCCCCC(N)c1ccc(Oc2ccccc2)cc1. The Morgan fingerprint density at radius 2 is 1.52 bits per heavy atom. The minimum atomic E-state index is 0.132. The summed E-state index contributed by atoms with van der Waals surface area (Å²) in [5, 5.41) is 0. The number of hydrogen-bond donors (Lipinski definition) is 1. The summed E-state index contributed by atoms with van der Waals surface area (Å²) in [5.41, 5.74) is 7.43. The first-order valence-electron chi connectivity index (χ1n) is 7.88. The van der Waals surface area contributed by atoms with Crippen LogP contribution in [0.5, 0.6) is 11.5 Å². The molecule has 0 heterocycles. The van der Waals surface area contributed by atoms with E-state index in [1.54, 1.807) is 0 Å². The molecule has 0 aliphatic carbocycles. The molecule has 21 heavy (non-hydrogen) atoms. The summed E-state index contributed by atoms with van der Waals surface area (Å²) in [6.45, 7) is 2.23. The third-order valence-corrected chi connectivity index (χ3v) is 3.66. The molecule has 2 aromatic carbocycles. The van der Waals surface area contributed by atoms with Gasteiger partial charge in [0.1, 0.15) is 11.5 Å². The van der Waals surface area contributed by atoms with E-state index in [9.17, 15) is 0 Å². The fourth-order valence-electron chi connectivity index (χ4n) is 2.37. The van der Waals surface area contributed by atoms with Crippen LogP contribution in [0.15, 0.2) is 54.6 Å². The number of ether oxygens (including phenoxy) is 1. The van der Waals surface area contributed by atoms with Crippen molar-refractivity contribution in [1.82, 2.24) is 0 Å². The highest BCUT2D eigenvalue weighted by Crippen LogP contribution is 2.24. The summed E-state index contributed by atoms with van der Waals surface area (Å²) in [4.78, 5) is 0. The zero-order valence-electron chi connectivity index (χ0n) is 12.8. The number of nitrogens with two attached hydrogens (primary N) is 1. The molecular weight excluding hydrogens is 258 g/mol. The molecule has 0 spiro atoms. The van der Waals surface area contributed by atoms with Crippen molar-refractivity contribution in [3.05, 3.63) is 60.2 Å². The van der Waals surface area contributed by atoms with Gasteiger partial charge in [-0.1, -0.05) is 62.9 Å². The Balaban J connectivity index is 1.86. The molecule has 0 saturated heterocycles. The third-order valence-electron chi connectivity index (χ3n) is 3.66. The highest BCUT2D eigenvalue weighted by molar-refractivity contribution is 5.33. The average molecular weight is 283 g/mol. The van der Waals surface area contributed by atoms with Gasteiger partial charge in [-0.25, -0.2) is 0 Å². The van der Waals surface area contributed by atoms with Crippen molar-refractivity contribution in [2.24, 2.45) is 5.73 Å². The highest BCUT2D eigenvalue weighted by Gasteiger charge is 2.06. The second kappa shape index (κ2) is 8.48. The van der Waals surface area contributed by atoms with Crippen molar-refractivity contribution in [1.29, 1.82) is 0 Å². The molecule has 2 N–H and O–H groups in total. The number of unbranched alkanes of at least 4 members (excludes halogenated alkanes) is 3. The van der Waals surface area contributed by atoms with Crippen molar-refractivity contribution < 1.29 is 4.74 Å². The number of rotatable bonds is 8. The molecule has 0 aliphatic rings. The van der Waals surface area contributed by atoms with E-state index in [2.05, 4.69) is 19.1 Å². The smallest absolute Gasteiger partial charge is 0.127 e. The van der Waals surface area contributed by atoms with Gasteiger partial charge in [0.05, 0.1) is 0 Å². The van der Waals surface area contributed by atoms with Gasteiger partial charge in [-0.05, 0) is 36.2 Å². The maximum atomic E-state index is 6.24. The predicted octanol–water partition coefficient (Wildman–Crippen LogP) is 5.45. The van der Waals surface area contributed by atoms with Gasteiger partial charge < -0.3 is 10.5 Å². The van der Waals surface area contributed by atoms with Gasteiger partial charge in [-0.2, -0.15) is 0 Å². The number of para-hydroxylation sites is 1. The van der Waals surface area contributed by atoms with Crippen LogP contribution in [0.1, 0.15) is 50.6 Å². The quantitative estimate of drug-likeness (QED) is 0.654. The van der Waals surface area contributed by atoms with Crippen molar-refractivity contribution in [2.45, 2.75) is 45.1 Å². The lowest BCUT2D eigenvalue weighted by molar-refractivity contribution is 0.482. The van der Waals surface area contributed by atoms with Crippen molar-refractivity contribution in [3.63, 3.8) is 0 Å². The maximum absolute atomic E-state index is 6.24. The summed E-state index contributed by atoms with van der Waals surface area (Å²) in [7, 11) is 0. The first kappa shape index (κ1) is 15.6. The predicted molar refractivity (Wildman–Crippen MR) is 88.6 cm³/mol. The largest absolute Gasteiger partial charge is 0.457 e. The molecule has 0 aliphatic heterocycles. The molecule has 0 aromatic heterocycles. The number of benzene rings is 2. The Hall–Kier alpha value is -1.80. The lowest BCUT2D eigenvalue weighted by atomic mass is 10.0. The monoisotopic (exact) mass is 283 g/mol. The molecule has 0 fully saturated rings. The van der Waals surface area contributed by atoms with E-state index in [0.29, 0.717) is 0 Å². The van der Waals surface area contributed by atoms with Gasteiger partial charge in [0, 0.05) is 6.04 Å². The van der Waals surface area contributed by atoms with E-state index in [1.807, 2.05) is 42.5 Å². The third kappa shape index (κ3) is 5.24. The van der Waals surface area contributed by atoms with Crippen molar-refractivity contribution in [3.8, 4) is 11.5 Å². The van der Waals surface area contributed by atoms with E-state index in [4.69, 9.17) is 10.5 Å². The minimum Gasteiger partial charge on any atom is -0.457 e. The van der Waals surface area contributed by atoms with Crippen molar-refractivity contribution >= 4 is 0 Å². The maximum Gasteiger partial charge on any atom is 0.127 e. The average Bonchev–Trinajstić information content (AvgIpc) is 2.53. The topological polar surface area (TPSA) is 35.2 Å². The molecular formula is C19H25NO. The zero-order valence-corrected chi connectivity index (χ0v) is 12.8. The lowest BCUT2D eigenvalue weighted by Crippen LogP contribution is -2.09. The molecule has 1 atom stereocenters. The van der Waals surface area contributed by atoms with Gasteiger partial charge in [0.2, 0.25) is 0 Å². The van der Waals surface area contributed by atoms with E-state index in [0.717, 1.165) is 17.9 Å². The normalized spacial score (nSPS) is 12.1. The summed E-state index contributed by atoms with van der Waals surface area (Å²) in [5.74, 6) is 1.71. The molecule has 0 saturated carbocycles. The van der Waals surface area contributed by atoms with Crippen LogP contribution < -0.4 is 10.5 Å². The Morgan fingerprint density at radius 3 is 2.19 bits per heavy atom. The molecule has 0 amide bonds. The summed E-state index contributed by atoms with van der Waals surface area (Å²) in [6.07, 6.45) is 6.10. The van der Waals surface area contributed by atoms with Gasteiger partial charge in [-0.15, -0.1) is 0 Å². The molecule has 112 valence electrons. The second-order valence-electron chi connectivity index (χ2n) is 5.44. The molecule has 0 radical (unpaired) electrons. The minimum absolute atomic E-state index is 0.132. The highest BCUT2D eigenvalue weighted by atomic mass is 16.5. The molecule has 1 unspecified atom stereocenters. The first-order chi connectivity index (χ1) is 10.3. The van der Waals surface area contributed by atoms with Crippen LogP contribution in [-0.2, 0) is 0 Å². The van der Waals surface area contributed by atoms with Gasteiger partial charge in [-0.3, -0.25) is 0 Å². The molecule has 0 bridgehead atoms. The van der Waals surface area contributed by atoms with Crippen molar-refractivity contribution in [2.75, 3.05) is 0 Å². The van der Waals surface area contributed by atoms with E-state index in [1.165, 1.54) is 31.2 Å². The summed E-state index contributed by atoms with van der Waals surface area (Å²) in [6, 6.07) is 18.1. The van der Waals surface area contributed by atoms with Crippen LogP contribution in [0.25, 0.3) is 0 Å². The van der Waals surface area contributed by atoms with E-state index >= 15 is 0 Å². The second-order valence-corrected chi connectivity index (χ2v) is 5.44. The van der Waals surface area contributed by atoms with Crippen LogP contribution in [0, 0.1) is 0 Å². The van der Waals surface area contributed by atoms with Gasteiger partial charge in [0.25, 0.3) is 0 Å². The Bertz CT molecular complexity index is 507. The van der Waals surface area contributed by atoms with E-state index in [-0.39, 0.29) is 6.04 Å². The van der Waals surface area contributed by atoms with Crippen LogP contribution >= 0.6 is 0 Å². The first-order valence-corrected chi connectivity index (χ1v) is 7.88. The molecule has 2 aromatic rings. The Morgan fingerprint density at radius 1 is 0.857 bits per heavy atom. The fourth-order valence-corrected chi connectivity index (χ4v) is 2.37. The van der Waals surface area contributed by atoms with E-state index < -0.39 is 0 Å². The van der Waals surface area contributed by atoms with Crippen LogP contribution in [-0.4, -0.2) is 0 Å². The Kier molecular flexibility index (Phi) is 6.29.